The third-order valence-electron chi connectivity index (χ3n) is 3.29. The first-order valence-corrected chi connectivity index (χ1v) is 5.84. The number of aromatic hydroxyl groups is 1. The smallest absolute Gasteiger partial charge is 0.138 e. The average molecular weight is 221 g/mol. The Morgan fingerprint density at radius 1 is 1.19 bits per heavy atom. The van der Waals surface area contributed by atoms with Crippen molar-refractivity contribution in [2.75, 3.05) is 18.0 Å². The van der Waals surface area contributed by atoms with E-state index in [9.17, 15) is 10.2 Å². The second kappa shape index (κ2) is 4.34. The molecular weight excluding hydrogens is 202 g/mol. The van der Waals surface area contributed by atoms with E-state index in [2.05, 4.69) is 4.90 Å². The zero-order valence-electron chi connectivity index (χ0n) is 9.69. The molecule has 16 heavy (non-hydrogen) atoms. The summed E-state index contributed by atoms with van der Waals surface area (Å²) in [5.74, 6) is 0.323. The zero-order valence-corrected chi connectivity index (χ0v) is 9.69. The molecular formula is C13H19NO2. The van der Waals surface area contributed by atoms with Crippen molar-refractivity contribution in [3.05, 3.63) is 24.3 Å². The highest BCUT2D eigenvalue weighted by Crippen LogP contribution is 2.30. The van der Waals surface area contributed by atoms with E-state index in [1.54, 1.807) is 6.07 Å². The monoisotopic (exact) mass is 221 g/mol. The first-order valence-electron chi connectivity index (χ1n) is 5.84. The van der Waals surface area contributed by atoms with Crippen molar-refractivity contribution in [1.82, 2.24) is 0 Å². The maximum absolute atomic E-state index is 10.00. The van der Waals surface area contributed by atoms with Crippen LogP contribution in [0.3, 0.4) is 0 Å². The van der Waals surface area contributed by atoms with E-state index >= 15 is 0 Å². The minimum absolute atomic E-state index is 0.323. The number of phenolic OH excluding ortho intramolecular Hbond substituents is 1. The van der Waals surface area contributed by atoms with Gasteiger partial charge >= 0.3 is 0 Å². The second-order valence-corrected chi connectivity index (χ2v) is 4.83. The van der Waals surface area contributed by atoms with E-state index in [0.29, 0.717) is 5.75 Å². The second-order valence-electron chi connectivity index (χ2n) is 4.83. The molecule has 0 amide bonds. The van der Waals surface area contributed by atoms with Crippen LogP contribution in [0.15, 0.2) is 24.3 Å². The number of benzene rings is 1. The maximum atomic E-state index is 10.00. The Morgan fingerprint density at radius 3 is 2.69 bits per heavy atom. The molecule has 3 nitrogen and oxygen atoms in total. The summed E-state index contributed by atoms with van der Waals surface area (Å²) in [5.41, 5.74) is 0.319. The van der Waals surface area contributed by atoms with Crippen LogP contribution in [0, 0.1) is 0 Å². The molecule has 0 saturated carbocycles. The summed E-state index contributed by atoms with van der Waals surface area (Å²) >= 11 is 0. The van der Waals surface area contributed by atoms with Crippen LogP contribution >= 0.6 is 0 Å². The number of phenols is 1. The number of nitrogens with zero attached hydrogens (tertiary/aromatic N) is 1. The third-order valence-corrected chi connectivity index (χ3v) is 3.29. The molecule has 1 saturated heterocycles. The molecule has 1 aliphatic rings. The van der Waals surface area contributed by atoms with Gasteiger partial charge in [-0.3, -0.25) is 0 Å². The lowest BCUT2D eigenvalue weighted by atomic mass is 9.98. The lowest BCUT2D eigenvalue weighted by molar-refractivity contribution is 0.0481. The van der Waals surface area contributed by atoms with Crippen LogP contribution in [-0.4, -0.2) is 28.9 Å². The number of aliphatic hydroxyl groups is 1. The molecule has 2 N–H and O–H groups in total. The molecule has 1 aromatic carbocycles. The van der Waals surface area contributed by atoms with Gasteiger partial charge in [0.2, 0.25) is 0 Å². The van der Waals surface area contributed by atoms with E-state index in [-0.39, 0.29) is 0 Å². The van der Waals surface area contributed by atoms with E-state index < -0.39 is 5.60 Å². The molecule has 88 valence electrons. The summed E-state index contributed by atoms with van der Waals surface area (Å²) in [6.45, 7) is 3.58. The van der Waals surface area contributed by atoms with Gasteiger partial charge in [-0.15, -0.1) is 0 Å². The SMILES string of the molecule is CC1(O)CCCN(c2ccccc2O)CC1. The number of hydrogen-bond donors (Lipinski definition) is 2. The highest BCUT2D eigenvalue weighted by atomic mass is 16.3. The molecule has 1 fully saturated rings. The standard InChI is InChI=1S/C13H19NO2/c1-13(16)7-4-9-14(10-8-13)11-5-2-3-6-12(11)15/h2-3,5-6,15-16H,4,7-10H2,1H3. The van der Waals surface area contributed by atoms with Gasteiger partial charge in [-0.2, -0.15) is 0 Å². The number of hydrogen-bond acceptors (Lipinski definition) is 3. The van der Waals surface area contributed by atoms with E-state index in [1.807, 2.05) is 25.1 Å². The third kappa shape index (κ3) is 2.47. The van der Waals surface area contributed by atoms with Gasteiger partial charge in [-0.25, -0.2) is 0 Å². The van der Waals surface area contributed by atoms with Gasteiger partial charge in [0.15, 0.2) is 0 Å². The quantitative estimate of drug-likeness (QED) is 0.763. The van der Waals surface area contributed by atoms with Gasteiger partial charge < -0.3 is 15.1 Å². The summed E-state index contributed by atoms with van der Waals surface area (Å²) in [6.07, 6.45) is 2.54. The summed E-state index contributed by atoms with van der Waals surface area (Å²) in [7, 11) is 0. The van der Waals surface area contributed by atoms with Gasteiger partial charge in [0.05, 0.1) is 11.3 Å². The van der Waals surface area contributed by atoms with Crippen molar-refractivity contribution in [3.8, 4) is 5.75 Å². The van der Waals surface area contributed by atoms with Crippen molar-refractivity contribution in [1.29, 1.82) is 0 Å². The molecule has 1 unspecified atom stereocenters. The number of rotatable bonds is 1. The first-order chi connectivity index (χ1) is 7.58. The normalized spacial score (nSPS) is 26.5. The van der Waals surface area contributed by atoms with Gasteiger partial charge in [-0.1, -0.05) is 12.1 Å². The molecule has 2 rings (SSSR count). The van der Waals surface area contributed by atoms with Gasteiger partial charge in [0.1, 0.15) is 5.75 Å². The van der Waals surface area contributed by atoms with Crippen molar-refractivity contribution in [3.63, 3.8) is 0 Å². The largest absolute Gasteiger partial charge is 0.506 e. The van der Waals surface area contributed by atoms with Gasteiger partial charge in [0.25, 0.3) is 0 Å². The fraction of sp³-hybridized carbons (Fsp3) is 0.538. The minimum atomic E-state index is -0.556. The summed E-state index contributed by atoms with van der Waals surface area (Å²) < 4.78 is 0. The highest BCUT2D eigenvalue weighted by molar-refractivity contribution is 5.57. The van der Waals surface area contributed by atoms with E-state index in [4.69, 9.17) is 0 Å². The Hall–Kier alpha value is -1.22. The number of anilines is 1. The zero-order chi connectivity index (χ0) is 11.6. The fourth-order valence-corrected chi connectivity index (χ4v) is 2.24. The minimum Gasteiger partial charge on any atom is -0.506 e. The number of para-hydroxylation sites is 2. The summed E-state index contributed by atoms with van der Waals surface area (Å²) in [4.78, 5) is 2.15. The fourth-order valence-electron chi connectivity index (χ4n) is 2.24. The molecule has 1 atom stereocenters. The van der Waals surface area contributed by atoms with E-state index in [0.717, 1.165) is 38.0 Å². The Kier molecular flexibility index (Phi) is 3.06. The molecule has 1 aromatic rings. The van der Waals surface area contributed by atoms with Crippen LogP contribution in [0.1, 0.15) is 26.2 Å². The summed E-state index contributed by atoms with van der Waals surface area (Å²) in [6, 6.07) is 7.39. The van der Waals surface area contributed by atoms with Gasteiger partial charge in [-0.05, 0) is 38.3 Å². The van der Waals surface area contributed by atoms with E-state index in [1.165, 1.54) is 0 Å². The van der Waals surface area contributed by atoms with Crippen LogP contribution in [0.5, 0.6) is 5.75 Å². The van der Waals surface area contributed by atoms with Crippen LogP contribution in [0.25, 0.3) is 0 Å². The van der Waals surface area contributed by atoms with Gasteiger partial charge in [0, 0.05) is 13.1 Å². The molecule has 0 aliphatic carbocycles. The van der Waals surface area contributed by atoms with Crippen LogP contribution in [0.2, 0.25) is 0 Å². The lowest BCUT2D eigenvalue weighted by Crippen LogP contribution is -2.28. The predicted octanol–water partition coefficient (Wildman–Crippen LogP) is 2.13. The first kappa shape index (κ1) is 11.3. The molecule has 1 aliphatic heterocycles. The van der Waals surface area contributed by atoms with Crippen molar-refractivity contribution >= 4 is 5.69 Å². The average Bonchev–Trinajstić information content (AvgIpc) is 2.40. The predicted molar refractivity (Wildman–Crippen MR) is 64.8 cm³/mol. The van der Waals surface area contributed by atoms with Crippen LogP contribution < -0.4 is 4.90 Å². The highest BCUT2D eigenvalue weighted by Gasteiger charge is 2.25. The van der Waals surface area contributed by atoms with Crippen LogP contribution in [0.4, 0.5) is 5.69 Å². The molecule has 0 spiro atoms. The topological polar surface area (TPSA) is 43.7 Å². The Bertz CT molecular complexity index is 363. The molecule has 0 bridgehead atoms. The molecule has 3 heteroatoms. The Balaban J connectivity index is 2.14. The Morgan fingerprint density at radius 2 is 1.94 bits per heavy atom. The lowest BCUT2D eigenvalue weighted by Gasteiger charge is -2.24. The van der Waals surface area contributed by atoms with Crippen LogP contribution in [-0.2, 0) is 0 Å². The van der Waals surface area contributed by atoms with Crippen molar-refractivity contribution in [2.24, 2.45) is 0 Å². The van der Waals surface area contributed by atoms with Crippen molar-refractivity contribution in [2.45, 2.75) is 31.8 Å². The molecule has 0 aromatic heterocycles. The van der Waals surface area contributed by atoms with Crippen molar-refractivity contribution < 1.29 is 10.2 Å². The molecule has 1 heterocycles. The molecule has 0 radical (unpaired) electrons. The Labute approximate surface area is 96.3 Å². The maximum Gasteiger partial charge on any atom is 0.138 e. The summed E-state index contributed by atoms with van der Waals surface area (Å²) in [5, 5.41) is 19.8.